The summed E-state index contributed by atoms with van der Waals surface area (Å²) in [5.74, 6) is 2.61. The molecule has 1 heterocycles. The Labute approximate surface area is 97.6 Å². The molecule has 90 valence electrons. The number of rotatable bonds is 4. The first-order chi connectivity index (χ1) is 7.70. The molecule has 0 amide bonds. The van der Waals surface area contributed by atoms with Crippen molar-refractivity contribution in [3.8, 4) is 0 Å². The van der Waals surface area contributed by atoms with Gasteiger partial charge in [0.25, 0.3) is 0 Å². The third-order valence-corrected chi connectivity index (χ3v) is 3.77. The lowest BCUT2D eigenvalue weighted by Gasteiger charge is -2.18. The lowest BCUT2D eigenvalue weighted by atomic mass is 10.0. The van der Waals surface area contributed by atoms with Gasteiger partial charge in [-0.1, -0.05) is 19.8 Å². The van der Waals surface area contributed by atoms with Gasteiger partial charge in [0.2, 0.25) is 5.89 Å². The summed E-state index contributed by atoms with van der Waals surface area (Å²) in [5, 5.41) is 3.58. The van der Waals surface area contributed by atoms with Gasteiger partial charge in [0.1, 0.15) is 5.76 Å². The van der Waals surface area contributed by atoms with E-state index in [0.29, 0.717) is 6.04 Å². The first-order valence-electron chi connectivity index (χ1n) is 6.37. The molecule has 1 aromatic heterocycles. The van der Waals surface area contributed by atoms with Gasteiger partial charge < -0.3 is 9.73 Å². The Hall–Kier alpha value is -0.830. The lowest BCUT2D eigenvalue weighted by molar-refractivity contribution is 0.362. The normalized spacial score (nSPS) is 25.2. The molecule has 0 radical (unpaired) electrons. The van der Waals surface area contributed by atoms with E-state index in [1.807, 2.05) is 13.8 Å². The predicted molar refractivity (Wildman–Crippen MR) is 64.2 cm³/mol. The Morgan fingerprint density at radius 3 is 2.81 bits per heavy atom. The SMILES string of the molecule is CCC1CCCC1NCc1nc(C)c(C)o1. The van der Waals surface area contributed by atoms with Gasteiger partial charge in [0, 0.05) is 6.04 Å². The van der Waals surface area contributed by atoms with Crippen LogP contribution in [0.25, 0.3) is 0 Å². The molecule has 1 aliphatic rings. The highest BCUT2D eigenvalue weighted by atomic mass is 16.4. The van der Waals surface area contributed by atoms with Gasteiger partial charge in [0.15, 0.2) is 0 Å². The average molecular weight is 222 g/mol. The molecule has 1 N–H and O–H groups in total. The van der Waals surface area contributed by atoms with E-state index >= 15 is 0 Å². The highest BCUT2D eigenvalue weighted by molar-refractivity contribution is 5.05. The molecule has 2 unspecified atom stereocenters. The molecule has 3 heteroatoms. The first kappa shape index (κ1) is 11.6. The summed E-state index contributed by atoms with van der Waals surface area (Å²) in [4.78, 5) is 4.39. The van der Waals surface area contributed by atoms with Gasteiger partial charge >= 0.3 is 0 Å². The summed E-state index contributed by atoms with van der Waals surface area (Å²) in [5.41, 5.74) is 1.01. The molecule has 2 atom stereocenters. The molecule has 0 aromatic carbocycles. The Bertz CT molecular complexity index is 326. The molecule has 1 aliphatic carbocycles. The molecule has 0 spiro atoms. The standard InChI is InChI=1S/C13H22N2O/c1-4-11-6-5-7-12(11)14-8-13-15-9(2)10(3)16-13/h11-12,14H,4-8H2,1-3H3. The minimum atomic E-state index is 0.664. The van der Waals surface area contributed by atoms with E-state index in [4.69, 9.17) is 4.42 Å². The Balaban J connectivity index is 1.87. The van der Waals surface area contributed by atoms with Crippen molar-refractivity contribution < 1.29 is 4.42 Å². The van der Waals surface area contributed by atoms with Crippen LogP contribution in [0.4, 0.5) is 0 Å². The van der Waals surface area contributed by atoms with Crippen LogP contribution in [0.5, 0.6) is 0 Å². The maximum absolute atomic E-state index is 5.57. The third kappa shape index (κ3) is 2.46. The zero-order valence-electron chi connectivity index (χ0n) is 10.5. The smallest absolute Gasteiger partial charge is 0.208 e. The second-order valence-electron chi connectivity index (χ2n) is 4.84. The molecule has 1 saturated carbocycles. The summed E-state index contributed by atoms with van der Waals surface area (Å²) >= 11 is 0. The maximum Gasteiger partial charge on any atom is 0.208 e. The maximum atomic E-state index is 5.57. The van der Waals surface area contributed by atoms with Crippen molar-refractivity contribution in [3.05, 3.63) is 17.3 Å². The topological polar surface area (TPSA) is 38.1 Å². The summed E-state index contributed by atoms with van der Waals surface area (Å²) < 4.78 is 5.57. The first-order valence-corrected chi connectivity index (χ1v) is 6.37. The number of hydrogen-bond acceptors (Lipinski definition) is 3. The van der Waals surface area contributed by atoms with Gasteiger partial charge in [-0.3, -0.25) is 0 Å². The van der Waals surface area contributed by atoms with Crippen LogP contribution < -0.4 is 5.32 Å². The van der Waals surface area contributed by atoms with Crippen LogP contribution in [0.3, 0.4) is 0 Å². The molecule has 0 aliphatic heterocycles. The van der Waals surface area contributed by atoms with E-state index in [0.717, 1.165) is 29.8 Å². The summed E-state index contributed by atoms with van der Waals surface area (Å²) in [6.45, 7) is 7.02. The molecular weight excluding hydrogens is 200 g/mol. The van der Waals surface area contributed by atoms with Crippen LogP contribution in [-0.2, 0) is 6.54 Å². The number of nitrogens with zero attached hydrogens (tertiary/aromatic N) is 1. The Morgan fingerprint density at radius 2 is 2.19 bits per heavy atom. The van der Waals surface area contributed by atoms with E-state index in [1.54, 1.807) is 0 Å². The fraction of sp³-hybridized carbons (Fsp3) is 0.769. The fourth-order valence-corrected chi connectivity index (χ4v) is 2.63. The number of hydrogen-bond donors (Lipinski definition) is 1. The highest BCUT2D eigenvalue weighted by Crippen LogP contribution is 2.28. The highest BCUT2D eigenvalue weighted by Gasteiger charge is 2.25. The van der Waals surface area contributed by atoms with Crippen molar-refractivity contribution in [2.75, 3.05) is 0 Å². The van der Waals surface area contributed by atoms with Crippen LogP contribution in [0, 0.1) is 19.8 Å². The molecular formula is C13H22N2O. The van der Waals surface area contributed by atoms with Gasteiger partial charge in [0.05, 0.1) is 12.2 Å². The van der Waals surface area contributed by atoms with E-state index < -0.39 is 0 Å². The van der Waals surface area contributed by atoms with E-state index in [1.165, 1.54) is 25.7 Å². The molecule has 3 nitrogen and oxygen atoms in total. The van der Waals surface area contributed by atoms with E-state index in [2.05, 4.69) is 17.2 Å². The quantitative estimate of drug-likeness (QED) is 0.851. The number of aryl methyl sites for hydroxylation is 2. The summed E-state index contributed by atoms with van der Waals surface area (Å²) in [7, 11) is 0. The summed E-state index contributed by atoms with van der Waals surface area (Å²) in [6, 6.07) is 0.664. The van der Waals surface area contributed by atoms with E-state index in [9.17, 15) is 0 Å². The fourth-order valence-electron chi connectivity index (χ4n) is 2.63. The average Bonchev–Trinajstić information content (AvgIpc) is 2.83. The second kappa shape index (κ2) is 5.00. The van der Waals surface area contributed by atoms with Crippen LogP contribution in [0.2, 0.25) is 0 Å². The van der Waals surface area contributed by atoms with E-state index in [-0.39, 0.29) is 0 Å². The lowest BCUT2D eigenvalue weighted by Crippen LogP contribution is -2.31. The number of aromatic nitrogens is 1. The largest absolute Gasteiger partial charge is 0.444 e. The van der Waals surface area contributed by atoms with Gasteiger partial charge in [-0.05, 0) is 32.6 Å². The van der Waals surface area contributed by atoms with Crippen molar-refractivity contribution >= 4 is 0 Å². The molecule has 0 saturated heterocycles. The summed E-state index contributed by atoms with van der Waals surface area (Å²) in [6.07, 6.45) is 5.32. The third-order valence-electron chi connectivity index (χ3n) is 3.77. The van der Waals surface area contributed by atoms with Crippen molar-refractivity contribution in [2.24, 2.45) is 5.92 Å². The van der Waals surface area contributed by atoms with Crippen LogP contribution in [-0.4, -0.2) is 11.0 Å². The molecule has 2 rings (SSSR count). The Kier molecular flexibility index (Phi) is 3.64. The molecule has 1 aromatic rings. The van der Waals surface area contributed by atoms with Gasteiger partial charge in [-0.15, -0.1) is 0 Å². The van der Waals surface area contributed by atoms with Crippen LogP contribution in [0.15, 0.2) is 4.42 Å². The molecule has 16 heavy (non-hydrogen) atoms. The number of nitrogens with one attached hydrogen (secondary N) is 1. The number of oxazole rings is 1. The predicted octanol–water partition coefficient (Wildman–Crippen LogP) is 2.96. The monoisotopic (exact) mass is 222 g/mol. The molecule has 0 bridgehead atoms. The Morgan fingerprint density at radius 1 is 1.38 bits per heavy atom. The van der Waals surface area contributed by atoms with Crippen LogP contribution >= 0.6 is 0 Å². The van der Waals surface area contributed by atoms with Gasteiger partial charge in [-0.2, -0.15) is 0 Å². The molecule has 1 fully saturated rings. The second-order valence-corrected chi connectivity index (χ2v) is 4.84. The van der Waals surface area contributed by atoms with Crippen molar-refractivity contribution in [2.45, 2.75) is 59.0 Å². The minimum absolute atomic E-state index is 0.664. The van der Waals surface area contributed by atoms with Crippen molar-refractivity contribution in [3.63, 3.8) is 0 Å². The minimum Gasteiger partial charge on any atom is -0.444 e. The van der Waals surface area contributed by atoms with Crippen molar-refractivity contribution in [1.29, 1.82) is 0 Å². The van der Waals surface area contributed by atoms with Gasteiger partial charge in [-0.25, -0.2) is 4.98 Å². The van der Waals surface area contributed by atoms with Crippen molar-refractivity contribution in [1.82, 2.24) is 10.3 Å². The zero-order chi connectivity index (χ0) is 11.5. The zero-order valence-corrected chi connectivity index (χ0v) is 10.5. The van der Waals surface area contributed by atoms with Crippen LogP contribution in [0.1, 0.15) is 50.0 Å².